The largest absolute Gasteiger partial charge is 0.338 e. The molecule has 0 aliphatic heterocycles. The van der Waals surface area contributed by atoms with Crippen LogP contribution in [-0.4, -0.2) is 31.3 Å². The highest BCUT2D eigenvalue weighted by Gasteiger charge is 2.18. The SMILES string of the molecule is C[C@H](Sc1nnc2c(n1)[nH]c1ccccc12)C(=O)Nc1ccccc1F. The molecule has 2 aromatic heterocycles. The third kappa shape index (κ3) is 3.11. The second-order valence-corrected chi connectivity index (χ2v) is 7.00. The number of nitrogens with one attached hydrogen (secondary N) is 2. The maximum Gasteiger partial charge on any atom is 0.237 e. The fraction of sp³-hybridized carbons (Fsp3) is 0.111. The topological polar surface area (TPSA) is 83.6 Å². The van der Waals surface area contributed by atoms with Crippen LogP contribution < -0.4 is 5.32 Å². The molecule has 130 valence electrons. The van der Waals surface area contributed by atoms with Gasteiger partial charge in [-0.25, -0.2) is 9.37 Å². The van der Waals surface area contributed by atoms with Gasteiger partial charge >= 0.3 is 0 Å². The summed E-state index contributed by atoms with van der Waals surface area (Å²) in [5, 5.41) is 11.7. The van der Waals surface area contributed by atoms with Gasteiger partial charge in [0.2, 0.25) is 11.1 Å². The van der Waals surface area contributed by atoms with Crippen molar-refractivity contribution in [2.75, 3.05) is 5.32 Å². The molecule has 1 amide bonds. The van der Waals surface area contributed by atoms with E-state index in [-0.39, 0.29) is 11.6 Å². The second-order valence-electron chi connectivity index (χ2n) is 5.69. The van der Waals surface area contributed by atoms with Crippen LogP contribution in [0, 0.1) is 5.82 Å². The zero-order chi connectivity index (χ0) is 18.1. The number of amides is 1. The molecule has 0 aliphatic carbocycles. The fourth-order valence-electron chi connectivity index (χ4n) is 2.56. The van der Waals surface area contributed by atoms with E-state index in [1.54, 1.807) is 19.1 Å². The summed E-state index contributed by atoms with van der Waals surface area (Å²) in [7, 11) is 0. The molecule has 0 saturated carbocycles. The number of aromatic amines is 1. The normalized spacial score (nSPS) is 12.4. The Morgan fingerprint density at radius 1 is 1.15 bits per heavy atom. The lowest BCUT2D eigenvalue weighted by atomic mass is 10.2. The van der Waals surface area contributed by atoms with E-state index in [4.69, 9.17) is 0 Å². The molecule has 0 radical (unpaired) electrons. The number of aromatic nitrogens is 4. The number of carbonyl (C=O) groups is 1. The lowest BCUT2D eigenvalue weighted by molar-refractivity contribution is -0.115. The number of carbonyl (C=O) groups excluding carboxylic acids is 1. The lowest BCUT2D eigenvalue weighted by Gasteiger charge is -2.11. The molecule has 0 fully saturated rings. The molecule has 6 nitrogen and oxygen atoms in total. The Morgan fingerprint density at radius 3 is 2.77 bits per heavy atom. The predicted octanol–water partition coefficient (Wildman–Crippen LogP) is 3.76. The summed E-state index contributed by atoms with van der Waals surface area (Å²) in [5.74, 6) is -0.809. The van der Waals surface area contributed by atoms with Crippen LogP contribution in [0.1, 0.15) is 6.92 Å². The van der Waals surface area contributed by atoms with Crippen LogP contribution in [0.15, 0.2) is 53.7 Å². The highest BCUT2D eigenvalue weighted by Crippen LogP contribution is 2.25. The van der Waals surface area contributed by atoms with E-state index in [1.807, 2.05) is 24.3 Å². The molecule has 8 heteroatoms. The molecular formula is C18H14FN5OS. The molecular weight excluding hydrogens is 353 g/mol. The third-order valence-electron chi connectivity index (χ3n) is 3.89. The summed E-state index contributed by atoms with van der Waals surface area (Å²) in [6.07, 6.45) is 0. The van der Waals surface area contributed by atoms with Crippen molar-refractivity contribution in [3.63, 3.8) is 0 Å². The van der Waals surface area contributed by atoms with Gasteiger partial charge in [-0.05, 0) is 25.1 Å². The van der Waals surface area contributed by atoms with Gasteiger partial charge in [0, 0.05) is 10.9 Å². The number of halogens is 1. The number of nitrogens with zero attached hydrogens (tertiary/aromatic N) is 3. The minimum Gasteiger partial charge on any atom is -0.338 e. The van der Waals surface area contributed by atoms with Crippen molar-refractivity contribution in [3.05, 3.63) is 54.3 Å². The van der Waals surface area contributed by atoms with E-state index < -0.39 is 11.1 Å². The summed E-state index contributed by atoms with van der Waals surface area (Å²) in [6.45, 7) is 1.71. The lowest BCUT2D eigenvalue weighted by Crippen LogP contribution is -2.23. The van der Waals surface area contributed by atoms with Crippen molar-refractivity contribution >= 4 is 45.4 Å². The van der Waals surface area contributed by atoms with E-state index in [0.717, 1.165) is 22.7 Å². The first-order valence-corrected chi connectivity index (χ1v) is 8.83. The Labute approximate surface area is 152 Å². The fourth-order valence-corrected chi connectivity index (χ4v) is 3.28. The summed E-state index contributed by atoms with van der Waals surface area (Å²) in [6, 6.07) is 13.8. The molecule has 0 spiro atoms. The van der Waals surface area contributed by atoms with Crippen molar-refractivity contribution in [1.82, 2.24) is 20.2 Å². The Kier molecular flexibility index (Phi) is 4.26. The molecule has 4 aromatic rings. The number of rotatable bonds is 4. The Balaban J connectivity index is 1.53. The smallest absolute Gasteiger partial charge is 0.237 e. The van der Waals surface area contributed by atoms with Crippen molar-refractivity contribution in [2.45, 2.75) is 17.3 Å². The van der Waals surface area contributed by atoms with Gasteiger partial charge in [-0.2, -0.15) is 0 Å². The van der Waals surface area contributed by atoms with Gasteiger partial charge in [-0.1, -0.05) is 42.1 Å². The molecule has 26 heavy (non-hydrogen) atoms. The van der Waals surface area contributed by atoms with Gasteiger partial charge in [-0.15, -0.1) is 10.2 Å². The average molecular weight is 367 g/mol. The van der Waals surface area contributed by atoms with Crippen LogP contribution in [0.2, 0.25) is 0 Å². The van der Waals surface area contributed by atoms with Crippen molar-refractivity contribution in [1.29, 1.82) is 0 Å². The summed E-state index contributed by atoms with van der Waals surface area (Å²) in [4.78, 5) is 19.9. The minimum absolute atomic E-state index is 0.148. The number of fused-ring (bicyclic) bond motifs is 3. The minimum atomic E-state index is -0.516. The predicted molar refractivity (Wildman–Crippen MR) is 99.5 cm³/mol. The summed E-state index contributed by atoms with van der Waals surface area (Å²) < 4.78 is 13.7. The Morgan fingerprint density at radius 2 is 1.92 bits per heavy atom. The van der Waals surface area contributed by atoms with Crippen LogP contribution in [0.4, 0.5) is 10.1 Å². The number of thioether (sulfide) groups is 1. The van der Waals surface area contributed by atoms with Crippen molar-refractivity contribution in [3.8, 4) is 0 Å². The number of hydrogen-bond donors (Lipinski definition) is 2. The van der Waals surface area contributed by atoms with Gasteiger partial charge < -0.3 is 10.3 Å². The first-order chi connectivity index (χ1) is 12.6. The monoisotopic (exact) mass is 367 g/mol. The van der Waals surface area contributed by atoms with E-state index in [1.165, 1.54) is 12.1 Å². The van der Waals surface area contributed by atoms with Crippen molar-refractivity contribution < 1.29 is 9.18 Å². The van der Waals surface area contributed by atoms with Crippen LogP contribution >= 0.6 is 11.8 Å². The number of para-hydroxylation sites is 2. The van der Waals surface area contributed by atoms with Crippen LogP contribution in [-0.2, 0) is 4.79 Å². The molecule has 0 aliphatic rings. The van der Waals surface area contributed by atoms with E-state index >= 15 is 0 Å². The molecule has 2 N–H and O–H groups in total. The molecule has 1 atom stereocenters. The van der Waals surface area contributed by atoms with E-state index in [0.29, 0.717) is 16.3 Å². The summed E-state index contributed by atoms with van der Waals surface area (Å²) in [5.41, 5.74) is 2.38. The van der Waals surface area contributed by atoms with Crippen molar-refractivity contribution in [2.24, 2.45) is 0 Å². The standard InChI is InChI=1S/C18H14FN5OS/c1-10(17(25)21-14-9-5-3-7-12(14)19)26-18-22-16-15(23-24-18)11-6-2-4-8-13(11)20-16/h2-10H,1H3,(H,21,25)(H,20,22,24)/t10-/m0/s1. The first-order valence-electron chi connectivity index (χ1n) is 7.95. The number of benzene rings is 2. The number of hydrogen-bond acceptors (Lipinski definition) is 5. The van der Waals surface area contributed by atoms with Crippen LogP contribution in [0.3, 0.4) is 0 Å². The van der Waals surface area contributed by atoms with Crippen LogP contribution in [0.25, 0.3) is 22.1 Å². The van der Waals surface area contributed by atoms with Gasteiger partial charge in [0.25, 0.3) is 0 Å². The Hall–Kier alpha value is -3.00. The van der Waals surface area contributed by atoms with Crippen LogP contribution in [0.5, 0.6) is 0 Å². The van der Waals surface area contributed by atoms with E-state index in [9.17, 15) is 9.18 Å². The molecule has 0 unspecified atom stereocenters. The van der Waals surface area contributed by atoms with Gasteiger partial charge in [0.05, 0.1) is 10.9 Å². The summed E-state index contributed by atoms with van der Waals surface area (Å²) >= 11 is 1.16. The maximum atomic E-state index is 13.7. The molecule has 2 aromatic carbocycles. The highest BCUT2D eigenvalue weighted by molar-refractivity contribution is 8.00. The highest BCUT2D eigenvalue weighted by atomic mass is 32.2. The molecule has 0 saturated heterocycles. The average Bonchev–Trinajstić information content (AvgIpc) is 3.01. The first kappa shape index (κ1) is 16.5. The molecule has 4 rings (SSSR count). The zero-order valence-corrected chi connectivity index (χ0v) is 14.5. The zero-order valence-electron chi connectivity index (χ0n) is 13.7. The van der Waals surface area contributed by atoms with Gasteiger partial charge in [0.1, 0.15) is 11.3 Å². The Bertz CT molecular complexity index is 1110. The second kappa shape index (κ2) is 6.72. The molecule has 2 heterocycles. The van der Waals surface area contributed by atoms with E-state index in [2.05, 4.69) is 25.5 Å². The number of anilines is 1. The van der Waals surface area contributed by atoms with Gasteiger partial charge in [-0.3, -0.25) is 4.79 Å². The number of H-pyrrole nitrogens is 1. The quantitative estimate of drug-likeness (QED) is 0.537. The molecule has 0 bridgehead atoms. The van der Waals surface area contributed by atoms with Gasteiger partial charge in [0.15, 0.2) is 5.65 Å². The third-order valence-corrected chi connectivity index (χ3v) is 4.84. The maximum absolute atomic E-state index is 13.7.